The molecule has 1 aromatic heterocycles. The molecule has 0 spiro atoms. The number of aromatic nitrogens is 1. The Morgan fingerprint density at radius 1 is 0.846 bits per heavy atom. The number of para-hydroxylation sites is 1. The maximum Gasteiger partial charge on any atom is 0.271 e. The first kappa shape index (κ1) is 17.2. The van der Waals surface area contributed by atoms with Gasteiger partial charge in [0.1, 0.15) is 0 Å². The van der Waals surface area contributed by atoms with E-state index in [9.17, 15) is 14.4 Å². The first-order valence-electron chi connectivity index (χ1n) is 8.09. The van der Waals surface area contributed by atoms with Crippen LogP contribution >= 0.6 is 0 Å². The van der Waals surface area contributed by atoms with Crippen LogP contribution in [0.5, 0.6) is 0 Å². The molecule has 4 N–H and O–H groups in total. The Kier molecular flexibility index (Phi) is 5.28. The number of H-pyrrole nitrogens is 1. The van der Waals surface area contributed by atoms with E-state index in [-0.39, 0.29) is 18.9 Å². The van der Waals surface area contributed by atoms with E-state index < -0.39 is 11.8 Å². The Morgan fingerprint density at radius 3 is 2.38 bits per heavy atom. The van der Waals surface area contributed by atoms with Crippen molar-refractivity contribution in [3.05, 3.63) is 71.9 Å². The molecule has 7 nitrogen and oxygen atoms in total. The zero-order chi connectivity index (χ0) is 18.4. The molecule has 0 radical (unpaired) electrons. The molecule has 0 aliphatic carbocycles. The van der Waals surface area contributed by atoms with E-state index in [4.69, 9.17) is 0 Å². The second kappa shape index (κ2) is 7.98. The maximum atomic E-state index is 12.2. The van der Waals surface area contributed by atoms with Crippen molar-refractivity contribution in [2.45, 2.75) is 6.42 Å². The number of fused-ring (bicyclic) bond motifs is 1. The van der Waals surface area contributed by atoms with Crippen LogP contribution in [0, 0.1) is 0 Å². The third-order valence-electron chi connectivity index (χ3n) is 3.80. The Hall–Kier alpha value is -3.61. The summed E-state index contributed by atoms with van der Waals surface area (Å²) in [7, 11) is 0. The van der Waals surface area contributed by atoms with E-state index in [0.717, 1.165) is 16.5 Å². The lowest BCUT2D eigenvalue weighted by Gasteiger charge is -2.08. The normalized spacial score (nSPS) is 10.3. The summed E-state index contributed by atoms with van der Waals surface area (Å²) in [6.45, 7) is -0.222. The van der Waals surface area contributed by atoms with Gasteiger partial charge in [-0.15, -0.1) is 0 Å². The van der Waals surface area contributed by atoms with Crippen LogP contribution in [-0.2, 0) is 16.0 Å². The highest BCUT2D eigenvalue weighted by Crippen LogP contribution is 2.16. The van der Waals surface area contributed by atoms with Crippen molar-refractivity contribution in [2.75, 3.05) is 6.54 Å². The van der Waals surface area contributed by atoms with Crippen LogP contribution in [0.2, 0.25) is 0 Å². The number of hydrogen-bond acceptors (Lipinski definition) is 3. The average Bonchev–Trinajstić information content (AvgIpc) is 3.09. The molecule has 0 saturated carbocycles. The van der Waals surface area contributed by atoms with E-state index >= 15 is 0 Å². The average molecular weight is 350 g/mol. The Balaban J connectivity index is 1.45. The molecule has 7 heteroatoms. The monoisotopic (exact) mass is 350 g/mol. The molecular weight excluding hydrogens is 332 g/mol. The number of amides is 3. The van der Waals surface area contributed by atoms with Crippen LogP contribution < -0.4 is 16.2 Å². The van der Waals surface area contributed by atoms with Crippen molar-refractivity contribution in [1.29, 1.82) is 0 Å². The fraction of sp³-hybridized carbons (Fsp3) is 0.105. The lowest BCUT2D eigenvalue weighted by atomic mass is 10.1. The predicted molar refractivity (Wildman–Crippen MR) is 97.1 cm³/mol. The van der Waals surface area contributed by atoms with E-state index in [2.05, 4.69) is 21.2 Å². The first-order valence-corrected chi connectivity index (χ1v) is 8.09. The van der Waals surface area contributed by atoms with Crippen molar-refractivity contribution in [1.82, 2.24) is 21.2 Å². The number of nitrogens with one attached hydrogen (secondary N) is 4. The zero-order valence-electron chi connectivity index (χ0n) is 13.9. The minimum absolute atomic E-state index is 0.190. The standard InChI is InChI=1S/C19H18N4O3/c24-17(10-13-6-2-1-3-7-13)21-12-18(25)22-23-19(26)15-11-20-16-9-5-4-8-14(15)16/h1-9,11,20H,10,12H2,(H,21,24)(H,22,25)(H,23,26). The summed E-state index contributed by atoms with van der Waals surface area (Å²) in [6.07, 6.45) is 1.77. The summed E-state index contributed by atoms with van der Waals surface area (Å²) < 4.78 is 0. The van der Waals surface area contributed by atoms with Crippen LogP contribution in [0.1, 0.15) is 15.9 Å². The molecule has 0 aliphatic heterocycles. The molecule has 3 rings (SSSR count). The number of aromatic amines is 1. The molecule has 0 saturated heterocycles. The minimum atomic E-state index is -0.514. The Bertz CT molecular complexity index is 934. The second-order valence-electron chi connectivity index (χ2n) is 5.69. The van der Waals surface area contributed by atoms with Gasteiger partial charge in [0.25, 0.3) is 11.8 Å². The maximum absolute atomic E-state index is 12.2. The van der Waals surface area contributed by atoms with Crippen LogP contribution in [0.25, 0.3) is 10.9 Å². The summed E-state index contributed by atoms with van der Waals surface area (Å²) in [5.74, 6) is -1.22. The summed E-state index contributed by atoms with van der Waals surface area (Å²) >= 11 is 0. The second-order valence-corrected chi connectivity index (χ2v) is 5.69. The van der Waals surface area contributed by atoms with Crippen molar-refractivity contribution in [3.63, 3.8) is 0 Å². The minimum Gasteiger partial charge on any atom is -0.360 e. The van der Waals surface area contributed by atoms with E-state index in [1.165, 1.54) is 0 Å². The molecule has 2 aromatic carbocycles. The number of rotatable bonds is 5. The first-order chi connectivity index (χ1) is 12.6. The molecule has 0 atom stereocenters. The fourth-order valence-electron chi connectivity index (χ4n) is 2.52. The molecule has 0 unspecified atom stereocenters. The van der Waals surface area contributed by atoms with Gasteiger partial charge in [-0.2, -0.15) is 0 Å². The Morgan fingerprint density at radius 2 is 1.58 bits per heavy atom. The SMILES string of the molecule is O=C(Cc1ccccc1)NCC(=O)NNC(=O)c1c[nH]c2ccccc12. The largest absolute Gasteiger partial charge is 0.360 e. The van der Waals surface area contributed by atoms with Crippen molar-refractivity contribution in [2.24, 2.45) is 0 Å². The number of hydrazine groups is 1. The number of benzene rings is 2. The Labute approximate surface area is 149 Å². The van der Waals surface area contributed by atoms with Gasteiger partial charge >= 0.3 is 0 Å². The highest BCUT2D eigenvalue weighted by Gasteiger charge is 2.12. The molecule has 3 aromatic rings. The van der Waals surface area contributed by atoms with Gasteiger partial charge in [-0.25, -0.2) is 0 Å². The van der Waals surface area contributed by atoms with Crippen molar-refractivity contribution in [3.8, 4) is 0 Å². The van der Waals surface area contributed by atoms with Crippen molar-refractivity contribution >= 4 is 28.6 Å². The summed E-state index contributed by atoms with van der Waals surface area (Å²) in [5.41, 5.74) is 6.74. The predicted octanol–water partition coefficient (Wildman–Crippen LogP) is 1.29. The van der Waals surface area contributed by atoms with Crippen molar-refractivity contribution < 1.29 is 14.4 Å². The van der Waals surface area contributed by atoms with Gasteiger partial charge in [0.15, 0.2) is 0 Å². The van der Waals surface area contributed by atoms with E-state index in [0.29, 0.717) is 5.56 Å². The molecule has 26 heavy (non-hydrogen) atoms. The van der Waals surface area contributed by atoms with Gasteiger partial charge in [-0.1, -0.05) is 48.5 Å². The molecule has 132 valence electrons. The van der Waals surface area contributed by atoms with Gasteiger partial charge in [-0.05, 0) is 11.6 Å². The van der Waals surface area contributed by atoms with E-state index in [1.54, 1.807) is 6.20 Å². The number of hydrogen-bond donors (Lipinski definition) is 4. The lowest BCUT2D eigenvalue weighted by Crippen LogP contribution is -2.46. The molecular formula is C19H18N4O3. The summed E-state index contributed by atoms with van der Waals surface area (Å²) in [4.78, 5) is 38.8. The van der Waals surface area contributed by atoms with Gasteiger partial charge in [-0.3, -0.25) is 25.2 Å². The van der Waals surface area contributed by atoms with Gasteiger partial charge < -0.3 is 10.3 Å². The van der Waals surface area contributed by atoms with Crippen LogP contribution in [0.3, 0.4) is 0 Å². The van der Waals surface area contributed by atoms with Crippen LogP contribution in [0.15, 0.2) is 60.8 Å². The van der Waals surface area contributed by atoms with Crippen LogP contribution in [-0.4, -0.2) is 29.3 Å². The molecule has 0 aliphatic rings. The molecule has 0 bridgehead atoms. The third kappa shape index (κ3) is 4.27. The highest BCUT2D eigenvalue weighted by atomic mass is 16.2. The summed E-state index contributed by atoms with van der Waals surface area (Å²) in [5, 5.41) is 3.27. The topological polar surface area (TPSA) is 103 Å². The molecule has 3 amide bonds. The van der Waals surface area contributed by atoms with E-state index in [1.807, 2.05) is 54.6 Å². The zero-order valence-corrected chi connectivity index (χ0v) is 13.9. The van der Waals surface area contributed by atoms with Gasteiger partial charge in [0.05, 0.1) is 18.5 Å². The molecule has 1 heterocycles. The van der Waals surface area contributed by atoms with Gasteiger partial charge in [0, 0.05) is 17.1 Å². The molecule has 0 fully saturated rings. The van der Waals surface area contributed by atoms with Crippen LogP contribution in [0.4, 0.5) is 0 Å². The highest BCUT2D eigenvalue weighted by molar-refractivity contribution is 6.07. The summed E-state index contributed by atoms with van der Waals surface area (Å²) in [6, 6.07) is 16.6. The third-order valence-corrected chi connectivity index (χ3v) is 3.80. The quantitative estimate of drug-likeness (QED) is 0.521. The smallest absolute Gasteiger partial charge is 0.271 e. The number of carbonyl (C=O) groups is 3. The van der Waals surface area contributed by atoms with Gasteiger partial charge in [0.2, 0.25) is 5.91 Å². The fourth-order valence-corrected chi connectivity index (χ4v) is 2.52. The lowest BCUT2D eigenvalue weighted by molar-refractivity contribution is -0.126. The number of carbonyl (C=O) groups excluding carboxylic acids is 3.